The van der Waals surface area contributed by atoms with Gasteiger partial charge in [0.1, 0.15) is 18.2 Å². The zero-order valence-corrected chi connectivity index (χ0v) is 15.1. The van der Waals surface area contributed by atoms with E-state index in [-0.39, 0.29) is 17.8 Å². The molecule has 7 heteroatoms. The lowest BCUT2D eigenvalue weighted by Crippen LogP contribution is -2.39. The van der Waals surface area contributed by atoms with Crippen LogP contribution in [0.4, 0.5) is 4.39 Å². The molecular formula is C20H17ClFN3O2. The van der Waals surface area contributed by atoms with Crippen LogP contribution in [-0.4, -0.2) is 28.1 Å². The Kier molecular flexibility index (Phi) is 4.92. The summed E-state index contributed by atoms with van der Waals surface area (Å²) in [4.78, 5) is 16.6. The summed E-state index contributed by atoms with van der Waals surface area (Å²) in [5, 5.41) is 3.47. The first-order valence-electron chi connectivity index (χ1n) is 8.56. The van der Waals surface area contributed by atoms with Crippen LogP contribution in [0.25, 0.3) is 11.3 Å². The largest absolute Gasteiger partial charge is 0.367 e. The predicted octanol–water partition coefficient (Wildman–Crippen LogP) is 3.67. The zero-order valence-electron chi connectivity index (χ0n) is 14.4. The van der Waals surface area contributed by atoms with Crippen molar-refractivity contribution < 1.29 is 13.9 Å². The third-order valence-electron chi connectivity index (χ3n) is 4.51. The van der Waals surface area contributed by atoms with Gasteiger partial charge in [-0.05, 0) is 54.1 Å². The van der Waals surface area contributed by atoms with Crippen molar-refractivity contribution in [3.63, 3.8) is 0 Å². The van der Waals surface area contributed by atoms with Crippen molar-refractivity contribution >= 4 is 17.5 Å². The van der Waals surface area contributed by atoms with Crippen molar-refractivity contribution in [1.29, 1.82) is 0 Å². The molecule has 3 aromatic rings. The van der Waals surface area contributed by atoms with Gasteiger partial charge in [0.2, 0.25) is 0 Å². The Balaban J connectivity index is 1.43. The van der Waals surface area contributed by atoms with Crippen LogP contribution in [0.3, 0.4) is 0 Å². The number of nitrogens with zero attached hydrogens (tertiary/aromatic N) is 2. The molecule has 138 valence electrons. The first-order chi connectivity index (χ1) is 13.1. The standard InChI is InChI=1S/C20H17ClFN3O2/c21-15-5-1-14(2-6-15)20(26)24-9-17-11-25-18(10-23-19(25)12-27-17)13-3-7-16(22)8-4-13/h1-8,10,17H,9,11-12H2,(H,24,26). The molecule has 0 spiro atoms. The summed E-state index contributed by atoms with van der Waals surface area (Å²) < 4.78 is 21.0. The second-order valence-electron chi connectivity index (χ2n) is 6.33. The third kappa shape index (κ3) is 3.86. The van der Waals surface area contributed by atoms with Gasteiger partial charge < -0.3 is 14.6 Å². The van der Waals surface area contributed by atoms with Crippen LogP contribution in [0, 0.1) is 5.82 Å². The lowest BCUT2D eigenvalue weighted by atomic mass is 10.1. The van der Waals surface area contributed by atoms with Crippen LogP contribution < -0.4 is 5.32 Å². The molecule has 1 aliphatic rings. The van der Waals surface area contributed by atoms with Crippen molar-refractivity contribution in [2.45, 2.75) is 19.3 Å². The number of fused-ring (bicyclic) bond motifs is 1. The molecule has 1 N–H and O–H groups in total. The minimum Gasteiger partial charge on any atom is -0.367 e. The van der Waals surface area contributed by atoms with Crippen molar-refractivity contribution in [3.8, 4) is 11.3 Å². The highest BCUT2D eigenvalue weighted by Crippen LogP contribution is 2.25. The number of aromatic nitrogens is 2. The Morgan fingerprint density at radius 1 is 1.22 bits per heavy atom. The number of amides is 1. The first kappa shape index (κ1) is 17.7. The zero-order chi connectivity index (χ0) is 18.8. The lowest BCUT2D eigenvalue weighted by Gasteiger charge is -2.26. The number of nitrogens with one attached hydrogen (secondary N) is 1. The fraction of sp³-hybridized carbons (Fsp3) is 0.200. The van der Waals surface area contributed by atoms with E-state index in [9.17, 15) is 9.18 Å². The minimum atomic E-state index is -0.275. The molecule has 0 bridgehead atoms. The summed E-state index contributed by atoms with van der Waals surface area (Å²) in [7, 11) is 0. The Hall–Kier alpha value is -2.70. The highest BCUT2D eigenvalue weighted by atomic mass is 35.5. The van der Waals surface area contributed by atoms with Crippen LogP contribution in [0.15, 0.2) is 54.7 Å². The number of hydrogen-bond acceptors (Lipinski definition) is 3. The monoisotopic (exact) mass is 385 g/mol. The maximum absolute atomic E-state index is 13.2. The van der Waals surface area contributed by atoms with Crippen LogP contribution >= 0.6 is 11.6 Å². The number of hydrogen-bond donors (Lipinski definition) is 1. The molecule has 2 heterocycles. The van der Waals surface area contributed by atoms with Gasteiger partial charge in [0.15, 0.2) is 0 Å². The summed E-state index contributed by atoms with van der Waals surface area (Å²) in [6.07, 6.45) is 1.59. The number of benzene rings is 2. The molecule has 1 aromatic heterocycles. The number of carbonyl (C=O) groups is 1. The number of halogens is 2. The molecule has 0 saturated heterocycles. The molecule has 0 fully saturated rings. The van der Waals surface area contributed by atoms with Crippen molar-refractivity contribution in [2.75, 3.05) is 6.54 Å². The van der Waals surface area contributed by atoms with Gasteiger partial charge in [-0.3, -0.25) is 4.79 Å². The first-order valence-corrected chi connectivity index (χ1v) is 8.93. The third-order valence-corrected chi connectivity index (χ3v) is 4.76. The number of rotatable bonds is 4. The normalized spacial score (nSPS) is 16.0. The lowest BCUT2D eigenvalue weighted by molar-refractivity contribution is 0.00374. The van der Waals surface area contributed by atoms with Gasteiger partial charge in [-0.25, -0.2) is 9.37 Å². The fourth-order valence-electron chi connectivity index (χ4n) is 3.07. The van der Waals surface area contributed by atoms with Gasteiger partial charge >= 0.3 is 0 Å². The molecule has 0 saturated carbocycles. The molecule has 1 unspecified atom stereocenters. The maximum Gasteiger partial charge on any atom is 0.251 e. The summed E-state index contributed by atoms with van der Waals surface area (Å²) in [5.74, 6) is 0.364. The molecule has 0 aliphatic carbocycles. The van der Waals surface area contributed by atoms with Crippen molar-refractivity contribution in [2.24, 2.45) is 0 Å². The van der Waals surface area contributed by atoms with E-state index in [1.807, 2.05) is 0 Å². The minimum absolute atomic E-state index is 0.176. The average molecular weight is 386 g/mol. The van der Waals surface area contributed by atoms with E-state index in [1.165, 1.54) is 12.1 Å². The smallest absolute Gasteiger partial charge is 0.251 e. The molecule has 1 atom stereocenters. The fourth-order valence-corrected chi connectivity index (χ4v) is 3.19. The summed E-state index contributed by atoms with van der Waals surface area (Å²) in [6.45, 7) is 1.30. The Morgan fingerprint density at radius 3 is 2.70 bits per heavy atom. The molecule has 1 amide bonds. The maximum atomic E-state index is 13.2. The highest BCUT2D eigenvalue weighted by molar-refractivity contribution is 6.30. The van der Waals surface area contributed by atoms with Crippen LogP contribution in [-0.2, 0) is 17.9 Å². The molecule has 5 nitrogen and oxygen atoms in total. The van der Waals surface area contributed by atoms with E-state index in [1.54, 1.807) is 42.6 Å². The second-order valence-corrected chi connectivity index (χ2v) is 6.76. The number of imidazole rings is 1. The van der Waals surface area contributed by atoms with E-state index >= 15 is 0 Å². The van der Waals surface area contributed by atoms with Gasteiger partial charge in [-0.15, -0.1) is 0 Å². The van der Waals surface area contributed by atoms with Crippen molar-refractivity contribution in [3.05, 3.63) is 77.0 Å². The van der Waals surface area contributed by atoms with E-state index < -0.39 is 0 Å². The predicted molar refractivity (Wildman–Crippen MR) is 100.0 cm³/mol. The topological polar surface area (TPSA) is 56.2 Å². The SMILES string of the molecule is O=C(NCC1Cn2c(-c3ccc(F)cc3)cnc2CO1)c1ccc(Cl)cc1. The molecule has 4 rings (SSSR count). The number of carbonyl (C=O) groups excluding carboxylic acids is 1. The Morgan fingerprint density at radius 2 is 1.96 bits per heavy atom. The van der Waals surface area contributed by atoms with E-state index in [0.29, 0.717) is 30.3 Å². The summed E-state index contributed by atoms with van der Waals surface area (Å²) >= 11 is 5.85. The van der Waals surface area contributed by atoms with E-state index in [0.717, 1.165) is 17.1 Å². The Bertz CT molecular complexity index is 954. The summed E-state index contributed by atoms with van der Waals surface area (Å²) in [6, 6.07) is 13.0. The van der Waals surface area contributed by atoms with Gasteiger partial charge in [-0.2, -0.15) is 0 Å². The van der Waals surface area contributed by atoms with E-state index in [2.05, 4.69) is 14.9 Å². The van der Waals surface area contributed by atoms with Crippen LogP contribution in [0.5, 0.6) is 0 Å². The van der Waals surface area contributed by atoms with Gasteiger partial charge in [0.05, 0.1) is 24.5 Å². The summed E-state index contributed by atoms with van der Waals surface area (Å²) in [5.41, 5.74) is 2.34. The molecular weight excluding hydrogens is 369 g/mol. The van der Waals surface area contributed by atoms with Crippen LogP contribution in [0.2, 0.25) is 5.02 Å². The number of ether oxygens (including phenoxy) is 1. The Labute approximate surface area is 160 Å². The van der Waals surface area contributed by atoms with Gasteiger partial charge in [0.25, 0.3) is 5.91 Å². The molecule has 1 aliphatic heterocycles. The van der Waals surface area contributed by atoms with E-state index in [4.69, 9.17) is 16.3 Å². The van der Waals surface area contributed by atoms with Crippen molar-refractivity contribution in [1.82, 2.24) is 14.9 Å². The second kappa shape index (κ2) is 7.50. The van der Waals surface area contributed by atoms with Crippen LogP contribution in [0.1, 0.15) is 16.2 Å². The van der Waals surface area contributed by atoms with Gasteiger partial charge in [0, 0.05) is 17.1 Å². The molecule has 27 heavy (non-hydrogen) atoms. The molecule has 2 aromatic carbocycles. The molecule has 0 radical (unpaired) electrons. The van der Waals surface area contributed by atoms with Gasteiger partial charge in [-0.1, -0.05) is 11.6 Å². The highest BCUT2D eigenvalue weighted by Gasteiger charge is 2.23. The average Bonchev–Trinajstić information content (AvgIpc) is 3.10. The quantitative estimate of drug-likeness (QED) is 0.745.